The molecule has 0 saturated carbocycles. The van der Waals surface area contributed by atoms with Crippen molar-refractivity contribution in [1.82, 2.24) is 4.90 Å². The molecule has 0 aliphatic carbocycles. The van der Waals surface area contributed by atoms with Gasteiger partial charge in [0, 0.05) is 24.2 Å². The first-order chi connectivity index (χ1) is 13.7. The molecule has 0 aromatic heterocycles. The summed E-state index contributed by atoms with van der Waals surface area (Å²) in [6.07, 6.45) is 1.60. The highest BCUT2D eigenvalue weighted by atomic mass is 16.2. The SMILES string of the molecule is O=C(Nc1ccccc1)C1CCCN(C(=O)Nc2cccc3ccccc23)C1. The second-order valence-corrected chi connectivity index (χ2v) is 7.10. The Morgan fingerprint density at radius 3 is 2.46 bits per heavy atom. The fourth-order valence-corrected chi connectivity index (χ4v) is 3.67. The summed E-state index contributed by atoms with van der Waals surface area (Å²) in [7, 11) is 0. The molecule has 1 aliphatic heterocycles. The van der Waals surface area contributed by atoms with Crippen LogP contribution in [0.15, 0.2) is 72.8 Å². The van der Waals surface area contributed by atoms with Gasteiger partial charge in [-0.1, -0.05) is 54.6 Å². The molecule has 28 heavy (non-hydrogen) atoms. The van der Waals surface area contributed by atoms with Crippen LogP contribution in [0.25, 0.3) is 10.8 Å². The van der Waals surface area contributed by atoms with E-state index in [1.807, 2.05) is 72.8 Å². The maximum atomic E-state index is 12.8. The minimum atomic E-state index is -0.202. The van der Waals surface area contributed by atoms with Crippen LogP contribution in [0, 0.1) is 5.92 Å². The number of para-hydroxylation sites is 1. The summed E-state index contributed by atoms with van der Waals surface area (Å²) in [5.41, 5.74) is 1.57. The molecule has 1 saturated heterocycles. The average molecular weight is 373 g/mol. The fraction of sp³-hybridized carbons (Fsp3) is 0.217. The predicted octanol–water partition coefficient (Wildman–Crippen LogP) is 4.72. The van der Waals surface area contributed by atoms with E-state index in [9.17, 15) is 9.59 Å². The minimum absolute atomic E-state index is 0.0335. The van der Waals surface area contributed by atoms with Crippen LogP contribution in [-0.4, -0.2) is 29.9 Å². The Bertz CT molecular complexity index is 982. The Hall–Kier alpha value is -3.34. The van der Waals surface area contributed by atoms with Crippen molar-refractivity contribution < 1.29 is 9.59 Å². The number of carbonyl (C=O) groups is 2. The predicted molar refractivity (Wildman–Crippen MR) is 112 cm³/mol. The molecule has 5 nitrogen and oxygen atoms in total. The van der Waals surface area contributed by atoms with Crippen LogP contribution >= 0.6 is 0 Å². The number of carbonyl (C=O) groups excluding carboxylic acids is 2. The van der Waals surface area contributed by atoms with Crippen LogP contribution in [-0.2, 0) is 4.79 Å². The number of piperidine rings is 1. The van der Waals surface area contributed by atoms with Crippen LogP contribution in [0.1, 0.15) is 12.8 Å². The number of anilines is 2. The van der Waals surface area contributed by atoms with Crippen LogP contribution in [0.4, 0.5) is 16.2 Å². The van der Waals surface area contributed by atoms with Crippen LogP contribution < -0.4 is 10.6 Å². The number of nitrogens with one attached hydrogen (secondary N) is 2. The lowest BCUT2D eigenvalue weighted by Gasteiger charge is -2.32. The van der Waals surface area contributed by atoms with E-state index < -0.39 is 0 Å². The highest BCUT2D eigenvalue weighted by molar-refractivity contribution is 6.01. The van der Waals surface area contributed by atoms with E-state index in [0.29, 0.717) is 13.1 Å². The van der Waals surface area contributed by atoms with Crippen molar-refractivity contribution in [2.45, 2.75) is 12.8 Å². The van der Waals surface area contributed by atoms with E-state index >= 15 is 0 Å². The lowest BCUT2D eigenvalue weighted by atomic mass is 9.97. The molecule has 142 valence electrons. The van der Waals surface area contributed by atoms with Crippen molar-refractivity contribution in [3.05, 3.63) is 72.8 Å². The van der Waals surface area contributed by atoms with E-state index in [2.05, 4.69) is 10.6 Å². The molecule has 0 spiro atoms. The summed E-state index contributed by atoms with van der Waals surface area (Å²) in [5, 5.41) is 8.06. The molecule has 1 unspecified atom stereocenters. The Morgan fingerprint density at radius 1 is 0.857 bits per heavy atom. The van der Waals surface area contributed by atoms with E-state index in [1.165, 1.54) is 0 Å². The van der Waals surface area contributed by atoms with Crippen molar-refractivity contribution in [2.75, 3.05) is 23.7 Å². The highest BCUT2D eigenvalue weighted by Gasteiger charge is 2.28. The molecule has 1 fully saturated rings. The van der Waals surface area contributed by atoms with Gasteiger partial charge in [-0.2, -0.15) is 0 Å². The largest absolute Gasteiger partial charge is 0.326 e. The summed E-state index contributed by atoms with van der Waals surface area (Å²) < 4.78 is 0. The number of likely N-dealkylation sites (tertiary alicyclic amines) is 1. The van der Waals surface area contributed by atoms with Gasteiger partial charge in [0.2, 0.25) is 5.91 Å². The molecular formula is C23H23N3O2. The molecule has 3 aromatic carbocycles. The monoisotopic (exact) mass is 373 g/mol. The summed E-state index contributed by atoms with van der Waals surface area (Å²) in [5.74, 6) is -0.235. The number of urea groups is 1. The normalized spacial score (nSPS) is 16.6. The molecule has 1 atom stereocenters. The maximum Gasteiger partial charge on any atom is 0.321 e. The van der Waals surface area contributed by atoms with Crippen molar-refractivity contribution >= 4 is 34.1 Å². The number of amides is 3. The first-order valence-corrected chi connectivity index (χ1v) is 9.60. The average Bonchev–Trinajstić information content (AvgIpc) is 2.75. The van der Waals surface area contributed by atoms with Crippen molar-refractivity contribution in [2.24, 2.45) is 5.92 Å². The number of benzene rings is 3. The smallest absolute Gasteiger partial charge is 0.321 e. The van der Waals surface area contributed by atoms with Crippen LogP contribution in [0.2, 0.25) is 0 Å². The van der Waals surface area contributed by atoms with Gasteiger partial charge in [0.25, 0.3) is 0 Å². The van der Waals surface area contributed by atoms with Crippen LogP contribution in [0.3, 0.4) is 0 Å². The molecule has 4 rings (SSSR count). The van der Waals surface area contributed by atoms with Gasteiger partial charge in [0.1, 0.15) is 0 Å². The topological polar surface area (TPSA) is 61.4 Å². The third kappa shape index (κ3) is 3.98. The second kappa shape index (κ2) is 8.13. The number of rotatable bonds is 3. The Kier molecular flexibility index (Phi) is 5.24. The minimum Gasteiger partial charge on any atom is -0.326 e. The van der Waals surface area contributed by atoms with E-state index in [0.717, 1.165) is 35.0 Å². The Balaban J connectivity index is 1.42. The van der Waals surface area contributed by atoms with E-state index in [1.54, 1.807) is 4.90 Å². The lowest BCUT2D eigenvalue weighted by molar-refractivity contribution is -0.121. The van der Waals surface area contributed by atoms with Gasteiger partial charge >= 0.3 is 6.03 Å². The summed E-state index contributed by atoms with van der Waals surface area (Å²) >= 11 is 0. The quantitative estimate of drug-likeness (QED) is 0.698. The molecule has 1 aliphatic rings. The van der Waals surface area contributed by atoms with E-state index in [4.69, 9.17) is 0 Å². The van der Waals surface area contributed by atoms with Gasteiger partial charge in [-0.05, 0) is 36.4 Å². The zero-order chi connectivity index (χ0) is 19.3. The van der Waals surface area contributed by atoms with Crippen LogP contribution in [0.5, 0.6) is 0 Å². The standard InChI is InChI=1S/C23H23N3O2/c27-22(24-19-11-2-1-3-12-19)18-10-7-15-26(16-18)23(28)25-21-14-6-9-17-8-4-5-13-20(17)21/h1-6,8-9,11-14,18H,7,10,15-16H2,(H,24,27)(H,25,28). The molecule has 0 bridgehead atoms. The first kappa shape index (κ1) is 18.0. The molecule has 5 heteroatoms. The second-order valence-electron chi connectivity index (χ2n) is 7.10. The maximum absolute atomic E-state index is 12.8. The van der Waals surface area contributed by atoms with E-state index in [-0.39, 0.29) is 17.9 Å². The summed E-state index contributed by atoms with van der Waals surface area (Å²) in [6.45, 7) is 1.08. The number of nitrogens with zero attached hydrogens (tertiary/aromatic N) is 1. The molecule has 3 amide bonds. The molecule has 2 N–H and O–H groups in total. The first-order valence-electron chi connectivity index (χ1n) is 9.60. The molecule has 0 radical (unpaired) electrons. The zero-order valence-electron chi connectivity index (χ0n) is 15.6. The third-order valence-corrected chi connectivity index (χ3v) is 5.15. The van der Waals surface area contributed by atoms with Gasteiger partial charge in [0.15, 0.2) is 0 Å². The molecule has 1 heterocycles. The van der Waals surface area contributed by atoms with Gasteiger partial charge < -0.3 is 15.5 Å². The van der Waals surface area contributed by atoms with Gasteiger partial charge in [0.05, 0.1) is 11.6 Å². The van der Waals surface area contributed by atoms with Crippen molar-refractivity contribution in [3.8, 4) is 0 Å². The van der Waals surface area contributed by atoms with Crippen molar-refractivity contribution in [3.63, 3.8) is 0 Å². The fourth-order valence-electron chi connectivity index (χ4n) is 3.67. The Morgan fingerprint density at radius 2 is 1.61 bits per heavy atom. The number of hydrogen-bond donors (Lipinski definition) is 2. The third-order valence-electron chi connectivity index (χ3n) is 5.15. The molecular weight excluding hydrogens is 350 g/mol. The van der Waals surface area contributed by atoms with Crippen molar-refractivity contribution in [1.29, 1.82) is 0 Å². The molecule has 3 aromatic rings. The van der Waals surface area contributed by atoms with Gasteiger partial charge in [-0.3, -0.25) is 4.79 Å². The number of hydrogen-bond acceptors (Lipinski definition) is 2. The Labute approximate surface area is 164 Å². The van der Waals surface area contributed by atoms with Gasteiger partial charge in [-0.15, -0.1) is 0 Å². The summed E-state index contributed by atoms with van der Waals surface area (Å²) in [4.78, 5) is 27.2. The van der Waals surface area contributed by atoms with Gasteiger partial charge in [-0.25, -0.2) is 4.79 Å². The highest BCUT2D eigenvalue weighted by Crippen LogP contribution is 2.24. The zero-order valence-corrected chi connectivity index (χ0v) is 15.6. The number of fused-ring (bicyclic) bond motifs is 1. The summed E-state index contributed by atoms with van der Waals surface area (Å²) in [6, 6.07) is 23.1. The lowest BCUT2D eigenvalue weighted by Crippen LogP contribution is -2.45.